The maximum Gasteiger partial charge on any atom is 0.191 e. The number of nitrogens with zero attached hydrogens (tertiary/aromatic N) is 3. The van der Waals surface area contributed by atoms with Crippen molar-refractivity contribution in [2.75, 3.05) is 66.1 Å². The minimum absolute atomic E-state index is 0. The predicted molar refractivity (Wildman–Crippen MR) is 129 cm³/mol. The van der Waals surface area contributed by atoms with Gasteiger partial charge in [-0.05, 0) is 43.3 Å². The second-order valence-corrected chi connectivity index (χ2v) is 8.61. The Bertz CT molecular complexity index is 559. The minimum atomic E-state index is 0. The van der Waals surface area contributed by atoms with E-state index in [0.717, 1.165) is 51.9 Å². The van der Waals surface area contributed by atoms with E-state index < -0.39 is 0 Å². The molecule has 2 aliphatic heterocycles. The van der Waals surface area contributed by atoms with Crippen molar-refractivity contribution < 1.29 is 4.74 Å². The second-order valence-electron chi connectivity index (χ2n) is 7.63. The van der Waals surface area contributed by atoms with Crippen LogP contribution < -0.4 is 10.6 Å². The van der Waals surface area contributed by atoms with Crippen LogP contribution >= 0.6 is 35.3 Å². The summed E-state index contributed by atoms with van der Waals surface area (Å²) in [7, 11) is 1.86. The highest BCUT2D eigenvalue weighted by molar-refractivity contribution is 14.0. The van der Waals surface area contributed by atoms with Crippen LogP contribution in [0.1, 0.15) is 30.7 Å². The smallest absolute Gasteiger partial charge is 0.191 e. The van der Waals surface area contributed by atoms with Crippen molar-refractivity contribution in [3.8, 4) is 0 Å². The van der Waals surface area contributed by atoms with Gasteiger partial charge in [0.25, 0.3) is 0 Å². The lowest BCUT2D eigenvalue weighted by molar-refractivity contribution is 0.0320. The lowest BCUT2D eigenvalue weighted by Gasteiger charge is -2.30. The third kappa shape index (κ3) is 7.44. The predicted octanol–water partition coefficient (Wildman–Crippen LogP) is 2.64. The molecular formula is C20H36IN5OS. The lowest BCUT2D eigenvalue weighted by Crippen LogP contribution is -2.45. The van der Waals surface area contributed by atoms with Crippen LogP contribution in [0.5, 0.6) is 0 Å². The van der Waals surface area contributed by atoms with Gasteiger partial charge in [-0.1, -0.05) is 13.0 Å². The molecule has 1 aromatic heterocycles. The maximum atomic E-state index is 5.43. The van der Waals surface area contributed by atoms with Crippen molar-refractivity contribution in [3.63, 3.8) is 0 Å². The first-order chi connectivity index (χ1) is 13.3. The van der Waals surface area contributed by atoms with Crippen LogP contribution in [-0.2, 0) is 4.74 Å². The Morgan fingerprint density at radius 3 is 2.54 bits per heavy atom. The van der Waals surface area contributed by atoms with E-state index in [1.165, 1.54) is 30.8 Å². The van der Waals surface area contributed by atoms with E-state index in [1.54, 1.807) is 0 Å². The molecule has 0 radical (unpaired) electrons. The zero-order valence-corrected chi connectivity index (χ0v) is 20.4. The number of aliphatic imine (C=N–C) groups is 1. The molecule has 8 heteroatoms. The molecule has 160 valence electrons. The van der Waals surface area contributed by atoms with Crippen LogP contribution in [0, 0.1) is 5.92 Å². The number of morpholine rings is 1. The van der Waals surface area contributed by atoms with E-state index in [4.69, 9.17) is 4.74 Å². The number of rotatable bonds is 8. The summed E-state index contributed by atoms with van der Waals surface area (Å²) in [5.74, 6) is 1.48. The molecule has 2 saturated heterocycles. The molecule has 2 atom stereocenters. The highest BCUT2D eigenvalue weighted by atomic mass is 127. The van der Waals surface area contributed by atoms with E-state index >= 15 is 0 Å². The third-order valence-corrected chi connectivity index (χ3v) is 6.40. The quantitative estimate of drug-likeness (QED) is 0.313. The SMILES string of the molecule is CN=C(NCC(C)CN1CCOCC1)NCC(c1cccs1)N1CCCC1.I. The van der Waals surface area contributed by atoms with Gasteiger partial charge in [-0.3, -0.25) is 14.8 Å². The van der Waals surface area contributed by atoms with Crippen molar-refractivity contribution in [2.45, 2.75) is 25.8 Å². The van der Waals surface area contributed by atoms with Gasteiger partial charge in [0.2, 0.25) is 0 Å². The number of halogens is 1. The van der Waals surface area contributed by atoms with Crippen molar-refractivity contribution in [1.82, 2.24) is 20.4 Å². The molecule has 0 spiro atoms. The van der Waals surface area contributed by atoms with Crippen molar-refractivity contribution in [2.24, 2.45) is 10.9 Å². The average Bonchev–Trinajstić information content (AvgIpc) is 3.40. The zero-order chi connectivity index (χ0) is 18.9. The number of ether oxygens (including phenoxy) is 1. The van der Waals surface area contributed by atoms with Gasteiger partial charge < -0.3 is 15.4 Å². The summed E-state index contributed by atoms with van der Waals surface area (Å²) in [4.78, 5) is 11.0. The number of guanidine groups is 1. The molecule has 1 aromatic rings. The molecule has 0 bridgehead atoms. The van der Waals surface area contributed by atoms with Crippen LogP contribution in [0.25, 0.3) is 0 Å². The van der Waals surface area contributed by atoms with Gasteiger partial charge in [-0.25, -0.2) is 0 Å². The summed E-state index contributed by atoms with van der Waals surface area (Å²) < 4.78 is 5.43. The molecule has 0 aliphatic carbocycles. The number of hydrogen-bond donors (Lipinski definition) is 2. The standard InChI is InChI=1S/C20H35N5OS.HI/c1-17(16-24-9-11-26-12-10-24)14-22-20(21-2)23-15-18(19-6-5-13-27-19)25-7-3-4-8-25;/h5-6,13,17-18H,3-4,7-12,14-16H2,1-2H3,(H2,21,22,23);1H. The molecule has 2 fully saturated rings. The first-order valence-electron chi connectivity index (χ1n) is 10.3. The van der Waals surface area contributed by atoms with Crippen LogP contribution in [0.2, 0.25) is 0 Å². The van der Waals surface area contributed by atoms with Gasteiger partial charge in [-0.2, -0.15) is 0 Å². The summed E-state index contributed by atoms with van der Waals surface area (Å²) in [6.07, 6.45) is 2.63. The van der Waals surface area contributed by atoms with Crippen molar-refractivity contribution in [1.29, 1.82) is 0 Å². The third-order valence-electron chi connectivity index (χ3n) is 5.43. The van der Waals surface area contributed by atoms with Gasteiger partial charge in [0.05, 0.1) is 19.3 Å². The number of likely N-dealkylation sites (tertiary alicyclic amines) is 1. The highest BCUT2D eigenvalue weighted by Crippen LogP contribution is 2.27. The monoisotopic (exact) mass is 521 g/mol. The fourth-order valence-electron chi connectivity index (χ4n) is 3.92. The molecule has 0 amide bonds. The molecule has 3 rings (SSSR count). The molecular weight excluding hydrogens is 485 g/mol. The molecule has 2 aliphatic rings. The van der Waals surface area contributed by atoms with Gasteiger partial charge in [0, 0.05) is 44.6 Å². The van der Waals surface area contributed by atoms with E-state index in [9.17, 15) is 0 Å². The fourth-order valence-corrected chi connectivity index (χ4v) is 4.78. The number of hydrogen-bond acceptors (Lipinski definition) is 5. The number of thiophene rings is 1. The van der Waals surface area contributed by atoms with Crippen molar-refractivity contribution in [3.05, 3.63) is 22.4 Å². The van der Waals surface area contributed by atoms with Crippen LogP contribution in [0.3, 0.4) is 0 Å². The fraction of sp³-hybridized carbons (Fsp3) is 0.750. The van der Waals surface area contributed by atoms with Crippen molar-refractivity contribution >= 4 is 41.3 Å². The largest absolute Gasteiger partial charge is 0.379 e. The Morgan fingerprint density at radius 1 is 1.18 bits per heavy atom. The minimum Gasteiger partial charge on any atom is -0.379 e. The second kappa shape index (κ2) is 13.0. The molecule has 6 nitrogen and oxygen atoms in total. The van der Waals surface area contributed by atoms with E-state index in [2.05, 4.69) is 49.9 Å². The van der Waals surface area contributed by atoms with Gasteiger partial charge in [0.1, 0.15) is 0 Å². The average molecular weight is 522 g/mol. The molecule has 2 N–H and O–H groups in total. The lowest BCUT2D eigenvalue weighted by atomic mass is 10.1. The van der Waals surface area contributed by atoms with Gasteiger partial charge in [-0.15, -0.1) is 35.3 Å². The highest BCUT2D eigenvalue weighted by Gasteiger charge is 2.24. The number of nitrogens with one attached hydrogen (secondary N) is 2. The van der Waals surface area contributed by atoms with Gasteiger partial charge in [0.15, 0.2) is 5.96 Å². The molecule has 3 heterocycles. The topological polar surface area (TPSA) is 52.1 Å². The molecule has 28 heavy (non-hydrogen) atoms. The Balaban J connectivity index is 0.00000280. The Hall–Kier alpha value is -0.420. The first-order valence-corrected chi connectivity index (χ1v) is 11.2. The summed E-state index contributed by atoms with van der Waals surface area (Å²) in [6, 6.07) is 4.86. The first kappa shape index (κ1) is 23.9. The zero-order valence-electron chi connectivity index (χ0n) is 17.2. The maximum absolute atomic E-state index is 5.43. The van der Waals surface area contributed by atoms with Crippen LogP contribution in [-0.4, -0.2) is 81.8 Å². The Morgan fingerprint density at radius 2 is 1.89 bits per heavy atom. The molecule has 0 aromatic carbocycles. The molecule has 0 saturated carbocycles. The summed E-state index contributed by atoms with van der Waals surface area (Å²) in [5, 5.41) is 9.26. The Labute approximate surface area is 191 Å². The van der Waals surface area contributed by atoms with Crippen LogP contribution in [0.4, 0.5) is 0 Å². The van der Waals surface area contributed by atoms with E-state index in [1.807, 2.05) is 18.4 Å². The summed E-state index contributed by atoms with van der Waals surface area (Å²) in [6.45, 7) is 11.5. The Kier molecular flexibility index (Phi) is 11.1. The van der Waals surface area contributed by atoms with E-state index in [-0.39, 0.29) is 24.0 Å². The molecule has 2 unspecified atom stereocenters. The van der Waals surface area contributed by atoms with Gasteiger partial charge >= 0.3 is 0 Å². The summed E-state index contributed by atoms with van der Waals surface area (Å²) in [5.41, 5.74) is 0. The van der Waals surface area contributed by atoms with Crippen LogP contribution in [0.15, 0.2) is 22.5 Å². The normalized spacial score (nSPS) is 21.1. The van der Waals surface area contributed by atoms with E-state index in [0.29, 0.717) is 12.0 Å². The summed E-state index contributed by atoms with van der Waals surface area (Å²) >= 11 is 1.86.